The standard InChI is InChI=1S/C14H16F3N3O/c1-11(10-12(21)14(15,16)17)19-6-8-20(9-7-19)13-4-2-3-5-18-13/h2-5,10H,6-9H2,1H3/p+1/b11-10-. The molecule has 1 N–H and O–H groups in total. The summed E-state index contributed by atoms with van der Waals surface area (Å²) in [6.45, 7) is 4.07. The highest BCUT2D eigenvalue weighted by Crippen LogP contribution is 2.19. The smallest absolute Gasteiger partial charge is 0.367 e. The maximum Gasteiger partial charge on any atom is 0.454 e. The second-order valence-corrected chi connectivity index (χ2v) is 4.87. The number of aromatic nitrogens is 1. The van der Waals surface area contributed by atoms with Gasteiger partial charge in [-0.25, -0.2) is 4.98 Å². The van der Waals surface area contributed by atoms with Gasteiger partial charge in [-0.3, -0.25) is 9.69 Å². The Hall–Kier alpha value is -2.05. The Morgan fingerprint density at radius 2 is 1.90 bits per heavy atom. The molecule has 1 aromatic heterocycles. The number of halogens is 3. The molecule has 0 saturated carbocycles. The molecule has 0 aromatic carbocycles. The number of carbonyl (C=O) groups is 1. The van der Waals surface area contributed by atoms with Crippen LogP contribution in [0.25, 0.3) is 0 Å². The lowest BCUT2D eigenvalue weighted by Gasteiger charge is -2.32. The number of alkyl halides is 3. The molecule has 4 nitrogen and oxygen atoms in total. The molecule has 0 radical (unpaired) electrons. The van der Waals surface area contributed by atoms with Crippen molar-refractivity contribution < 1.29 is 22.9 Å². The Labute approximate surface area is 120 Å². The van der Waals surface area contributed by atoms with Crippen LogP contribution in [0.2, 0.25) is 0 Å². The molecule has 1 fully saturated rings. The summed E-state index contributed by atoms with van der Waals surface area (Å²) in [6.07, 6.45) is -2.30. The van der Waals surface area contributed by atoms with E-state index in [0.717, 1.165) is 5.82 Å². The molecule has 0 atom stereocenters. The van der Waals surface area contributed by atoms with E-state index in [-0.39, 0.29) is 0 Å². The number of ketones is 1. The van der Waals surface area contributed by atoms with Gasteiger partial charge in [-0.05, 0) is 13.0 Å². The zero-order valence-electron chi connectivity index (χ0n) is 11.7. The van der Waals surface area contributed by atoms with E-state index in [1.165, 1.54) is 6.92 Å². The molecule has 21 heavy (non-hydrogen) atoms. The minimum absolute atomic E-state index is 0.356. The number of hydrogen-bond donors (Lipinski definition) is 0. The Kier molecular flexibility index (Phi) is 4.50. The van der Waals surface area contributed by atoms with Gasteiger partial charge in [0.1, 0.15) is 13.1 Å². The van der Waals surface area contributed by atoms with Crippen molar-refractivity contribution in [3.05, 3.63) is 36.2 Å². The maximum absolute atomic E-state index is 12.2. The summed E-state index contributed by atoms with van der Waals surface area (Å²) in [7, 11) is 0. The normalized spacial score (nSPS) is 17.0. The first-order valence-corrected chi connectivity index (χ1v) is 6.64. The highest BCUT2D eigenvalue weighted by atomic mass is 19.4. The van der Waals surface area contributed by atoms with E-state index >= 15 is 0 Å². The zero-order valence-corrected chi connectivity index (χ0v) is 11.7. The average molecular weight is 300 g/mol. The predicted molar refractivity (Wildman–Crippen MR) is 71.6 cm³/mol. The Balaban J connectivity index is 1.95. The maximum atomic E-state index is 12.2. The summed E-state index contributed by atoms with van der Waals surface area (Å²) in [4.78, 5) is 18.0. The largest absolute Gasteiger partial charge is 0.454 e. The van der Waals surface area contributed by atoms with Crippen molar-refractivity contribution >= 4 is 11.6 Å². The van der Waals surface area contributed by atoms with Crippen molar-refractivity contribution in [2.75, 3.05) is 31.1 Å². The molecule has 0 unspecified atom stereocenters. The van der Waals surface area contributed by atoms with E-state index in [4.69, 9.17) is 0 Å². The third-order valence-corrected chi connectivity index (χ3v) is 3.43. The molecular formula is C14H17F3N3O+. The molecule has 7 heteroatoms. The van der Waals surface area contributed by atoms with Gasteiger partial charge < -0.3 is 4.90 Å². The number of rotatable bonds is 3. The lowest BCUT2D eigenvalue weighted by Crippen LogP contribution is -2.47. The zero-order chi connectivity index (χ0) is 15.5. The SMILES string of the molecule is C/C(=C/C(=O)C(F)(F)F)N1CCN(c2cccc[nH+]2)CC1. The van der Waals surface area contributed by atoms with Gasteiger partial charge in [0.15, 0.2) is 0 Å². The third kappa shape index (κ3) is 3.96. The van der Waals surface area contributed by atoms with Crippen LogP contribution in [-0.4, -0.2) is 43.0 Å². The number of aromatic amines is 1. The summed E-state index contributed by atoms with van der Waals surface area (Å²) in [5.41, 5.74) is 0.356. The molecule has 1 aliphatic rings. The number of nitrogens with zero attached hydrogens (tertiary/aromatic N) is 2. The Morgan fingerprint density at radius 3 is 2.43 bits per heavy atom. The monoisotopic (exact) mass is 300 g/mol. The molecule has 0 bridgehead atoms. The Morgan fingerprint density at radius 1 is 1.24 bits per heavy atom. The number of allylic oxidation sites excluding steroid dienone is 2. The van der Waals surface area contributed by atoms with Crippen LogP contribution in [0.4, 0.5) is 19.0 Å². The molecule has 1 saturated heterocycles. The van der Waals surface area contributed by atoms with Gasteiger partial charge in [-0.15, -0.1) is 0 Å². The van der Waals surface area contributed by atoms with Crippen LogP contribution in [0, 0.1) is 0 Å². The fourth-order valence-electron chi connectivity index (χ4n) is 2.24. The quantitative estimate of drug-likeness (QED) is 0.797. The van der Waals surface area contributed by atoms with Gasteiger partial charge in [-0.1, -0.05) is 6.07 Å². The molecule has 0 amide bonds. The fourth-order valence-corrected chi connectivity index (χ4v) is 2.24. The first-order valence-electron chi connectivity index (χ1n) is 6.64. The number of piperazine rings is 1. The minimum atomic E-state index is -4.80. The number of nitrogens with one attached hydrogen (secondary N) is 1. The molecule has 1 aliphatic heterocycles. The summed E-state index contributed by atoms with van der Waals surface area (Å²) >= 11 is 0. The summed E-state index contributed by atoms with van der Waals surface area (Å²) < 4.78 is 36.7. The Bertz CT molecular complexity index is 520. The first-order chi connectivity index (χ1) is 9.88. The molecular weight excluding hydrogens is 283 g/mol. The molecule has 114 valence electrons. The van der Waals surface area contributed by atoms with Gasteiger partial charge in [-0.2, -0.15) is 13.2 Å². The van der Waals surface area contributed by atoms with Crippen LogP contribution in [0.15, 0.2) is 36.2 Å². The van der Waals surface area contributed by atoms with Crippen molar-refractivity contribution in [1.82, 2.24) is 4.90 Å². The van der Waals surface area contributed by atoms with E-state index in [9.17, 15) is 18.0 Å². The summed E-state index contributed by atoms with van der Waals surface area (Å²) in [5.74, 6) is -0.830. The van der Waals surface area contributed by atoms with Gasteiger partial charge in [0.25, 0.3) is 11.6 Å². The molecule has 0 spiro atoms. The number of hydrogen-bond acceptors (Lipinski definition) is 3. The lowest BCUT2D eigenvalue weighted by molar-refractivity contribution is -0.364. The molecule has 2 rings (SSSR count). The topological polar surface area (TPSA) is 37.7 Å². The van der Waals surface area contributed by atoms with E-state index < -0.39 is 12.0 Å². The minimum Gasteiger partial charge on any atom is -0.367 e. The lowest BCUT2D eigenvalue weighted by atomic mass is 10.2. The van der Waals surface area contributed by atoms with Gasteiger partial charge in [0.2, 0.25) is 0 Å². The van der Waals surface area contributed by atoms with E-state index in [0.29, 0.717) is 38.0 Å². The van der Waals surface area contributed by atoms with Crippen LogP contribution in [0.5, 0.6) is 0 Å². The highest BCUT2D eigenvalue weighted by Gasteiger charge is 2.37. The van der Waals surface area contributed by atoms with Crippen molar-refractivity contribution in [3.63, 3.8) is 0 Å². The van der Waals surface area contributed by atoms with Crippen molar-refractivity contribution in [3.8, 4) is 0 Å². The van der Waals surface area contributed by atoms with Crippen molar-refractivity contribution in [2.45, 2.75) is 13.1 Å². The van der Waals surface area contributed by atoms with Gasteiger partial charge >= 0.3 is 6.18 Å². The third-order valence-electron chi connectivity index (χ3n) is 3.43. The molecule has 0 aliphatic carbocycles. The first kappa shape index (κ1) is 15.3. The number of carbonyl (C=O) groups excluding carboxylic acids is 1. The van der Waals surface area contributed by atoms with Crippen LogP contribution in [-0.2, 0) is 4.79 Å². The molecule has 2 heterocycles. The van der Waals surface area contributed by atoms with Crippen molar-refractivity contribution in [1.29, 1.82) is 0 Å². The van der Waals surface area contributed by atoms with E-state index in [1.807, 2.05) is 24.4 Å². The van der Waals surface area contributed by atoms with E-state index in [2.05, 4.69) is 9.88 Å². The summed E-state index contributed by atoms with van der Waals surface area (Å²) in [6, 6.07) is 5.76. The number of anilines is 1. The second-order valence-electron chi connectivity index (χ2n) is 4.87. The van der Waals surface area contributed by atoms with Crippen LogP contribution in [0.3, 0.4) is 0 Å². The summed E-state index contributed by atoms with van der Waals surface area (Å²) in [5, 5.41) is 0. The molecule has 1 aromatic rings. The van der Waals surface area contributed by atoms with Crippen LogP contribution in [0.1, 0.15) is 6.92 Å². The highest BCUT2D eigenvalue weighted by molar-refractivity contribution is 5.94. The number of pyridine rings is 1. The van der Waals surface area contributed by atoms with Gasteiger partial charge in [0, 0.05) is 17.8 Å². The second kappa shape index (κ2) is 6.15. The van der Waals surface area contributed by atoms with Crippen molar-refractivity contribution in [2.24, 2.45) is 0 Å². The van der Waals surface area contributed by atoms with E-state index in [1.54, 1.807) is 4.90 Å². The fraction of sp³-hybridized carbons (Fsp3) is 0.429. The predicted octanol–water partition coefficient (Wildman–Crippen LogP) is 1.66. The average Bonchev–Trinajstić information content (AvgIpc) is 2.47. The van der Waals surface area contributed by atoms with Gasteiger partial charge in [0.05, 0.1) is 19.3 Å². The number of H-pyrrole nitrogens is 1. The van der Waals surface area contributed by atoms with Crippen LogP contribution >= 0.6 is 0 Å². The van der Waals surface area contributed by atoms with Crippen LogP contribution < -0.4 is 9.88 Å².